The third-order valence-corrected chi connectivity index (χ3v) is 9.28. The van der Waals surface area contributed by atoms with Gasteiger partial charge in [-0.15, -0.1) is 0 Å². The standard InChI is InChI=1S/C29H40ClN3O2/c1-19(2)10-16-33-17-11-22(12-18-33)32-28(35)26-24-8-7-23(29(24)13-14-29)25(26)27(34)31-15-9-20-3-5-21(30)6-4-20/h3-8,19,22-26H,9-18H2,1-2H3,(H,31,34)(H,32,35)/t23-,24+,25+,26+/m0/s1. The number of carbonyl (C=O) groups excluding carboxylic acids is 2. The summed E-state index contributed by atoms with van der Waals surface area (Å²) in [5.74, 6) is 0.813. The molecule has 1 spiro atoms. The topological polar surface area (TPSA) is 61.4 Å². The molecule has 4 atom stereocenters. The van der Waals surface area contributed by atoms with Gasteiger partial charge in [-0.1, -0.05) is 49.7 Å². The summed E-state index contributed by atoms with van der Waals surface area (Å²) in [6.45, 7) is 8.37. The van der Waals surface area contributed by atoms with Crippen LogP contribution in [0.1, 0.15) is 51.5 Å². The van der Waals surface area contributed by atoms with E-state index in [2.05, 4.69) is 41.5 Å². The Hall–Kier alpha value is -1.85. The predicted molar refractivity (Wildman–Crippen MR) is 140 cm³/mol. The molecule has 0 radical (unpaired) electrons. The first-order valence-corrected chi connectivity index (χ1v) is 14.0. The van der Waals surface area contributed by atoms with Crippen molar-refractivity contribution < 1.29 is 9.59 Å². The molecule has 35 heavy (non-hydrogen) atoms. The maximum atomic E-state index is 13.6. The minimum Gasteiger partial charge on any atom is -0.355 e. The average molecular weight is 498 g/mol. The van der Waals surface area contributed by atoms with Gasteiger partial charge in [0.05, 0.1) is 11.8 Å². The molecule has 1 aliphatic heterocycles. The summed E-state index contributed by atoms with van der Waals surface area (Å²) in [4.78, 5) is 29.6. The van der Waals surface area contributed by atoms with Gasteiger partial charge in [0.25, 0.3) is 0 Å². The minimum atomic E-state index is -0.246. The number of likely N-dealkylation sites (tertiary alicyclic amines) is 1. The first-order valence-electron chi connectivity index (χ1n) is 13.6. The Morgan fingerprint density at radius 3 is 2.26 bits per heavy atom. The summed E-state index contributed by atoms with van der Waals surface area (Å²) >= 11 is 5.98. The van der Waals surface area contributed by atoms with Crippen LogP contribution in [0.4, 0.5) is 0 Å². The van der Waals surface area contributed by atoms with Crippen LogP contribution in [0.25, 0.3) is 0 Å². The molecule has 1 saturated heterocycles. The molecule has 2 bridgehead atoms. The number of hydrogen-bond acceptors (Lipinski definition) is 3. The lowest BCUT2D eigenvalue weighted by Crippen LogP contribution is -2.50. The number of carbonyl (C=O) groups is 2. The second-order valence-electron chi connectivity index (χ2n) is 11.7. The number of benzene rings is 1. The smallest absolute Gasteiger partial charge is 0.224 e. The number of halogens is 1. The van der Waals surface area contributed by atoms with Gasteiger partial charge >= 0.3 is 0 Å². The summed E-state index contributed by atoms with van der Waals surface area (Å²) < 4.78 is 0. The molecule has 2 N–H and O–H groups in total. The van der Waals surface area contributed by atoms with Crippen molar-refractivity contribution in [3.05, 3.63) is 47.0 Å². The van der Waals surface area contributed by atoms with Gasteiger partial charge in [0.2, 0.25) is 11.8 Å². The minimum absolute atomic E-state index is 0.0470. The van der Waals surface area contributed by atoms with Crippen LogP contribution in [0.15, 0.2) is 36.4 Å². The van der Waals surface area contributed by atoms with Crippen LogP contribution in [0, 0.1) is 35.0 Å². The SMILES string of the molecule is CC(C)CCN1CCC(NC(=O)[C@H]2[C@H](C(=O)NCCc3ccc(Cl)cc3)[C@@H]3C=C[C@H]2C32CC2)CC1. The molecule has 5 rings (SSSR count). The molecular formula is C29H40ClN3O2. The Balaban J connectivity index is 1.18. The number of rotatable bonds is 9. The molecule has 3 aliphatic carbocycles. The van der Waals surface area contributed by atoms with Gasteiger partial charge in [0, 0.05) is 30.7 Å². The largest absolute Gasteiger partial charge is 0.355 e. The van der Waals surface area contributed by atoms with Gasteiger partial charge in [-0.2, -0.15) is 0 Å². The average Bonchev–Trinajstić information content (AvgIpc) is 3.51. The highest BCUT2D eigenvalue weighted by Crippen LogP contribution is 2.72. The van der Waals surface area contributed by atoms with Gasteiger partial charge in [0.15, 0.2) is 0 Å². The van der Waals surface area contributed by atoms with Crippen molar-refractivity contribution in [3.63, 3.8) is 0 Å². The van der Waals surface area contributed by atoms with E-state index in [-0.39, 0.29) is 46.9 Å². The molecule has 4 aliphatic rings. The van der Waals surface area contributed by atoms with Crippen molar-refractivity contribution >= 4 is 23.4 Å². The fourth-order valence-electron chi connectivity index (χ4n) is 6.85. The van der Waals surface area contributed by atoms with E-state index in [0.29, 0.717) is 6.54 Å². The molecule has 1 heterocycles. The molecule has 0 unspecified atom stereocenters. The number of amides is 2. The van der Waals surface area contributed by atoms with Crippen molar-refractivity contribution in [2.75, 3.05) is 26.2 Å². The highest BCUT2D eigenvalue weighted by Gasteiger charge is 2.69. The quantitative estimate of drug-likeness (QED) is 0.495. The zero-order valence-electron chi connectivity index (χ0n) is 21.1. The van der Waals surface area contributed by atoms with E-state index in [9.17, 15) is 9.59 Å². The second-order valence-corrected chi connectivity index (χ2v) is 12.1. The molecular weight excluding hydrogens is 458 g/mol. The monoisotopic (exact) mass is 497 g/mol. The number of nitrogens with one attached hydrogen (secondary N) is 2. The Bertz CT molecular complexity index is 947. The number of piperidine rings is 1. The van der Waals surface area contributed by atoms with E-state index in [1.165, 1.54) is 6.42 Å². The molecule has 0 aromatic heterocycles. The molecule has 1 aromatic carbocycles. The molecule has 190 valence electrons. The molecule has 2 saturated carbocycles. The van der Waals surface area contributed by atoms with Gasteiger partial charge in [-0.05, 0) is 85.9 Å². The highest BCUT2D eigenvalue weighted by molar-refractivity contribution is 6.30. The van der Waals surface area contributed by atoms with Gasteiger partial charge < -0.3 is 15.5 Å². The molecule has 1 aromatic rings. The van der Waals surface area contributed by atoms with Crippen LogP contribution in [-0.2, 0) is 16.0 Å². The summed E-state index contributed by atoms with van der Waals surface area (Å²) in [5, 5.41) is 7.26. The van der Waals surface area contributed by atoms with Crippen LogP contribution in [-0.4, -0.2) is 48.9 Å². The molecule has 6 heteroatoms. The Morgan fingerprint density at radius 1 is 1.03 bits per heavy atom. The first kappa shape index (κ1) is 24.8. The summed E-state index contributed by atoms with van der Waals surface area (Å²) in [6.07, 6.45) is 10.8. The molecule has 3 fully saturated rings. The third kappa shape index (κ3) is 5.17. The number of nitrogens with zero attached hydrogens (tertiary/aromatic N) is 1. The van der Waals surface area contributed by atoms with Crippen molar-refractivity contribution in [1.82, 2.24) is 15.5 Å². The van der Waals surface area contributed by atoms with E-state index in [4.69, 9.17) is 11.6 Å². The lowest BCUT2D eigenvalue weighted by molar-refractivity contribution is -0.136. The lowest BCUT2D eigenvalue weighted by atomic mass is 9.81. The fourth-order valence-corrected chi connectivity index (χ4v) is 6.97. The van der Waals surface area contributed by atoms with Gasteiger partial charge in [0.1, 0.15) is 0 Å². The van der Waals surface area contributed by atoms with Crippen molar-refractivity contribution in [3.8, 4) is 0 Å². The molecule has 5 nitrogen and oxygen atoms in total. The lowest BCUT2D eigenvalue weighted by Gasteiger charge is -2.34. The normalized spacial score (nSPS) is 29.1. The Kier molecular flexibility index (Phi) is 7.28. The second kappa shape index (κ2) is 10.3. The van der Waals surface area contributed by atoms with Crippen LogP contribution >= 0.6 is 11.6 Å². The summed E-state index contributed by atoms with van der Waals surface area (Å²) in [5.41, 5.74) is 1.32. The summed E-state index contributed by atoms with van der Waals surface area (Å²) in [7, 11) is 0. The Morgan fingerprint density at radius 2 is 1.66 bits per heavy atom. The van der Waals surface area contributed by atoms with Crippen LogP contribution in [0.5, 0.6) is 0 Å². The van der Waals surface area contributed by atoms with E-state index >= 15 is 0 Å². The maximum Gasteiger partial charge on any atom is 0.224 e. The summed E-state index contributed by atoms with van der Waals surface area (Å²) in [6, 6.07) is 7.98. The van der Waals surface area contributed by atoms with E-state index in [1.807, 2.05) is 24.3 Å². The van der Waals surface area contributed by atoms with E-state index in [0.717, 1.165) is 68.2 Å². The highest BCUT2D eigenvalue weighted by atomic mass is 35.5. The number of allylic oxidation sites excluding steroid dienone is 2. The number of hydrogen-bond donors (Lipinski definition) is 2. The zero-order chi connectivity index (χ0) is 24.6. The van der Waals surface area contributed by atoms with Gasteiger partial charge in [-0.3, -0.25) is 9.59 Å². The van der Waals surface area contributed by atoms with Gasteiger partial charge in [-0.25, -0.2) is 0 Å². The Labute approximate surface area is 215 Å². The van der Waals surface area contributed by atoms with E-state index < -0.39 is 0 Å². The third-order valence-electron chi connectivity index (χ3n) is 9.03. The van der Waals surface area contributed by atoms with Crippen molar-refractivity contribution in [2.45, 2.75) is 58.4 Å². The van der Waals surface area contributed by atoms with Crippen molar-refractivity contribution in [2.24, 2.45) is 35.0 Å². The van der Waals surface area contributed by atoms with Crippen LogP contribution in [0.3, 0.4) is 0 Å². The first-order chi connectivity index (χ1) is 16.9. The maximum absolute atomic E-state index is 13.6. The van der Waals surface area contributed by atoms with Crippen LogP contribution < -0.4 is 10.6 Å². The predicted octanol–water partition coefficient (Wildman–Crippen LogP) is 4.45. The fraction of sp³-hybridized carbons (Fsp3) is 0.655. The zero-order valence-corrected chi connectivity index (χ0v) is 21.9. The van der Waals surface area contributed by atoms with Crippen molar-refractivity contribution in [1.29, 1.82) is 0 Å². The van der Waals surface area contributed by atoms with Crippen LogP contribution in [0.2, 0.25) is 5.02 Å². The van der Waals surface area contributed by atoms with E-state index in [1.54, 1.807) is 0 Å². The molecule has 2 amide bonds.